The Morgan fingerprint density at radius 2 is 1.81 bits per heavy atom. The molecule has 2 aromatic carbocycles. The fourth-order valence-electron chi connectivity index (χ4n) is 2.99. The summed E-state index contributed by atoms with van der Waals surface area (Å²) in [6, 6.07) is 13.4. The van der Waals surface area contributed by atoms with Gasteiger partial charge in [0, 0.05) is 17.6 Å². The molecule has 136 valence electrons. The predicted molar refractivity (Wildman–Crippen MR) is 100 cm³/mol. The highest BCUT2D eigenvalue weighted by Crippen LogP contribution is 2.23. The van der Waals surface area contributed by atoms with Gasteiger partial charge in [0.15, 0.2) is 0 Å². The van der Waals surface area contributed by atoms with E-state index in [1.54, 1.807) is 49.5 Å². The van der Waals surface area contributed by atoms with Gasteiger partial charge in [-0.2, -0.15) is 0 Å². The summed E-state index contributed by atoms with van der Waals surface area (Å²) in [5.41, 5.74) is 2.35. The van der Waals surface area contributed by atoms with Gasteiger partial charge in [0.2, 0.25) is 10.0 Å². The maximum atomic E-state index is 12.5. The van der Waals surface area contributed by atoms with Crippen LogP contribution >= 0.6 is 0 Å². The summed E-state index contributed by atoms with van der Waals surface area (Å²) in [4.78, 5) is 11.6. The molecule has 3 aromatic rings. The van der Waals surface area contributed by atoms with Crippen molar-refractivity contribution in [1.29, 1.82) is 0 Å². The Kier molecular flexibility index (Phi) is 4.84. The van der Waals surface area contributed by atoms with E-state index in [2.05, 4.69) is 4.72 Å². The van der Waals surface area contributed by atoms with E-state index in [0.717, 1.165) is 21.1 Å². The number of carbonyl (C=O) groups is 1. The van der Waals surface area contributed by atoms with Gasteiger partial charge in [0.1, 0.15) is 0 Å². The molecule has 0 saturated heterocycles. The van der Waals surface area contributed by atoms with Crippen LogP contribution < -0.4 is 4.72 Å². The van der Waals surface area contributed by atoms with Crippen molar-refractivity contribution in [3.63, 3.8) is 0 Å². The first-order chi connectivity index (χ1) is 12.3. The van der Waals surface area contributed by atoms with Crippen LogP contribution in [0, 0.1) is 6.92 Å². The highest BCUT2D eigenvalue weighted by atomic mass is 32.2. The first kappa shape index (κ1) is 18.2. The first-order valence-corrected chi connectivity index (χ1v) is 9.67. The van der Waals surface area contributed by atoms with E-state index in [0.29, 0.717) is 11.9 Å². The number of nitrogens with one attached hydrogen (secondary N) is 1. The summed E-state index contributed by atoms with van der Waals surface area (Å²) < 4.78 is 28.8. The zero-order chi connectivity index (χ0) is 18.9. The number of benzene rings is 2. The number of sulfonamides is 1. The summed E-state index contributed by atoms with van der Waals surface area (Å²) in [7, 11) is -3.63. The standard InChI is InChI=1S/C19H20N2O4S/c1-13-7-9-16(10-8-13)26(24,25)20-14(2)11-15-12-21(19(22)23)18-6-4-3-5-17(15)18/h3-10,12,14,20H,11H2,1-2H3,(H,22,23)/t14-/m1/s1. The van der Waals surface area contributed by atoms with Crippen molar-refractivity contribution in [2.45, 2.75) is 31.2 Å². The van der Waals surface area contributed by atoms with E-state index in [-0.39, 0.29) is 4.90 Å². The van der Waals surface area contributed by atoms with Crippen LogP contribution in [-0.2, 0) is 16.4 Å². The molecule has 0 aliphatic rings. The molecule has 0 unspecified atom stereocenters. The van der Waals surface area contributed by atoms with Gasteiger partial charge in [-0.3, -0.25) is 4.57 Å². The van der Waals surface area contributed by atoms with E-state index in [9.17, 15) is 18.3 Å². The monoisotopic (exact) mass is 372 g/mol. The molecular formula is C19H20N2O4S. The average Bonchev–Trinajstić information content (AvgIpc) is 2.94. The number of hydrogen-bond donors (Lipinski definition) is 2. The maximum absolute atomic E-state index is 12.5. The van der Waals surface area contributed by atoms with Crippen LogP contribution in [-0.4, -0.2) is 30.2 Å². The number of fused-ring (bicyclic) bond motifs is 1. The maximum Gasteiger partial charge on any atom is 0.416 e. The molecule has 0 bridgehead atoms. The summed E-state index contributed by atoms with van der Waals surface area (Å²) in [6.07, 6.45) is 0.857. The zero-order valence-corrected chi connectivity index (χ0v) is 15.3. The number of rotatable bonds is 5. The Morgan fingerprint density at radius 1 is 1.15 bits per heavy atom. The molecule has 0 radical (unpaired) electrons. The molecule has 0 spiro atoms. The summed E-state index contributed by atoms with van der Waals surface area (Å²) in [6.45, 7) is 3.66. The highest BCUT2D eigenvalue weighted by Gasteiger charge is 2.20. The molecule has 0 amide bonds. The molecule has 0 fully saturated rings. The minimum Gasteiger partial charge on any atom is -0.464 e. The van der Waals surface area contributed by atoms with E-state index in [1.165, 1.54) is 0 Å². The molecule has 1 heterocycles. The second-order valence-corrected chi connectivity index (χ2v) is 8.08. The van der Waals surface area contributed by atoms with Crippen molar-refractivity contribution < 1.29 is 18.3 Å². The molecule has 1 atom stereocenters. The SMILES string of the molecule is Cc1ccc(S(=O)(=O)N[C@H](C)Cc2cn(C(=O)O)c3ccccc23)cc1. The van der Waals surface area contributed by atoms with Crippen molar-refractivity contribution in [2.75, 3.05) is 0 Å². The Labute approximate surface area is 152 Å². The topological polar surface area (TPSA) is 88.4 Å². The highest BCUT2D eigenvalue weighted by molar-refractivity contribution is 7.89. The Hall–Kier alpha value is -2.64. The van der Waals surface area contributed by atoms with E-state index in [4.69, 9.17) is 0 Å². The van der Waals surface area contributed by atoms with Crippen molar-refractivity contribution in [3.05, 3.63) is 65.9 Å². The van der Waals surface area contributed by atoms with Gasteiger partial charge in [0.05, 0.1) is 10.4 Å². The van der Waals surface area contributed by atoms with Gasteiger partial charge in [-0.05, 0) is 44.0 Å². The van der Waals surface area contributed by atoms with Gasteiger partial charge in [0.25, 0.3) is 0 Å². The first-order valence-electron chi connectivity index (χ1n) is 8.19. The number of carboxylic acid groups (broad SMARTS) is 1. The van der Waals surface area contributed by atoms with E-state index < -0.39 is 22.2 Å². The lowest BCUT2D eigenvalue weighted by molar-refractivity contribution is 0.197. The fraction of sp³-hybridized carbons (Fsp3) is 0.211. The predicted octanol–water partition coefficient (Wildman–Crippen LogP) is 3.39. The van der Waals surface area contributed by atoms with Crippen LogP contribution in [0.2, 0.25) is 0 Å². The van der Waals surface area contributed by atoms with E-state index in [1.807, 2.05) is 19.1 Å². The van der Waals surface area contributed by atoms with Crippen LogP contribution in [0.15, 0.2) is 59.6 Å². The summed E-state index contributed by atoms with van der Waals surface area (Å²) >= 11 is 0. The van der Waals surface area contributed by atoms with Crippen molar-refractivity contribution in [3.8, 4) is 0 Å². The lowest BCUT2D eigenvalue weighted by Gasteiger charge is -2.14. The van der Waals surface area contributed by atoms with Crippen LogP contribution in [0.3, 0.4) is 0 Å². The molecule has 0 aliphatic carbocycles. The zero-order valence-electron chi connectivity index (χ0n) is 14.5. The molecule has 0 aliphatic heterocycles. The second kappa shape index (κ2) is 6.93. The number of hydrogen-bond acceptors (Lipinski definition) is 3. The van der Waals surface area contributed by atoms with Crippen LogP contribution in [0.4, 0.5) is 4.79 Å². The number of aryl methyl sites for hydroxylation is 1. The quantitative estimate of drug-likeness (QED) is 0.718. The van der Waals surface area contributed by atoms with Crippen molar-refractivity contribution in [1.82, 2.24) is 9.29 Å². The minimum atomic E-state index is -3.63. The van der Waals surface area contributed by atoms with Crippen LogP contribution in [0.25, 0.3) is 10.9 Å². The molecule has 0 saturated carbocycles. The minimum absolute atomic E-state index is 0.211. The molecule has 2 N–H and O–H groups in total. The van der Waals surface area contributed by atoms with Crippen LogP contribution in [0.5, 0.6) is 0 Å². The van der Waals surface area contributed by atoms with Crippen LogP contribution in [0.1, 0.15) is 18.1 Å². The van der Waals surface area contributed by atoms with Gasteiger partial charge in [-0.1, -0.05) is 35.9 Å². The van der Waals surface area contributed by atoms with Gasteiger partial charge >= 0.3 is 6.09 Å². The lowest BCUT2D eigenvalue weighted by Crippen LogP contribution is -2.34. The fourth-order valence-corrected chi connectivity index (χ4v) is 4.24. The molecule has 26 heavy (non-hydrogen) atoms. The Morgan fingerprint density at radius 3 is 2.46 bits per heavy atom. The third-order valence-electron chi connectivity index (χ3n) is 4.21. The Bertz CT molecular complexity index is 1050. The van der Waals surface area contributed by atoms with Gasteiger partial charge in [-0.15, -0.1) is 0 Å². The summed E-state index contributed by atoms with van der Waals surface area (Å²) in [5, 5.41) is 10.1. The normalized spacial score (nSPS) is 13.0. The Balaban J connectivity index is 1.84. The second-order valence-electron chi connectivity index (χ2n) is 6.36. The molecule has 7 heteroatoms. The van der Waals surface area contributed by atoms with Gasteiger partial charge < -0.3 is 5.11 Å². The summed E-state index contributed by atoms with van der Waals surface area (Å²) in [5.74, 6) is 0. The average molecular weight is 372 g/mol. The lowest BCUT2D eigenvalue weighted by atomic mass is 10.1. The molecular weight excluding hydrogens is 352 g/mol. The molecule has 3 rings (SSSR count). The molecule has 6 nitrogen and oxygen atoms in total. The largest absolute Gasteiger partial charge is 0.464 e. The van der Waals surface area contributed by atoms with Crippen molar-refractivity contribution >= 4 is 27.0 Å². The number of aromatic nitrogens is 1. The third kappa shape index (κ3) is 3.63. The van der Waals surface area contributed by atoms with E-state index >= 15 is 0 Å². The molecule has 1 aromatic heterocycles. The van der Waals surface area contributed by atoms with Crippen molar-refractivity contribution in [2.24, 2.45) is 0 Å². The third-order valence-corrected chi connectivity index (χ3v) is 5.82. The van der Waals surface area contributed by atoms with Gasteiger partial charge in [-0.25, -0.2) is 17.9 Å². The smallest absolute Gasteiger partial charge is 0.416 e. The number of para-hydroxylation sites is 1. The number of nitrogens with zero attached hydrogens (tertiary/aromatic N) is 1.